The van der Waals surface area contributed by atoms with E-state index in [1.807, 2.05) is 30.8 Å². The summed E-state index contributed by atoms with van der Waals surface area (Å²) in [4.78, 5) is 17.2. The van der Waals surface area contributed by atoms with E-state index in [4.69, 9.17) is 9.84 Å². The van der Waals surface area contributed by atoms with Gasteiger partial charge in [-0.25, -0.2) is 9.37 Å². The fraction of sp³-hybridized carbons (Fsp3) is 0.536. The van der Waals surface area contributed by atoms with Gasteiger partial charge in [-0.2, -0.15) is 5.10 Å². The van der Waals surface area contributed by atoms with Crippen LogP contribution in [0.25, 0.3) is 10.9 Å². The van der Waals surface area contributed by atoms with Crippen LogP contribution >= 0.6 is 0 Å². The molecule has 0 aliphatic heterocycles. The summed E-state index contributed by atoms with van der Waals surface area (Å²) >= 11 is 0. The van der Waals surface area contributed by atoms with E-state index >= 15 is 0 Å². The number of pyridine rings is 1. The lowest BCUT2D eigenvalue weighted by Crippen LogP contribution is -2.28. The van der Waals surface area contributed by atoms with Gasteiger partial charge in [-0.1, -0.05) is 39.2 Å². The zero-order chi connectivity index (χ0) is 26.5. The largest absolute Gasteiger partial charge is 0.488 e. The van der Waals surface area contributed by atoms with Crippen LogP contribution in [0, 0.1) is 0 Å². The number of rotatable bonds is 7. The molecule has 2 N–H and O–H groups in total. The third-order valence-electron chi connectivity index (χ3n) is 5.99. The highest BCUT2D eigenvalue weighted by molar-refractivity contribution is 6.05. The Bertz CT molecular complexity index is 1170. The van der Waals surface area contributed by atoms with Crippen LogP contribution in [0.4, 0.5) is 10.1 Å². The zero-order valence-electron chi connectivity index (χ0n) is 22.3. The monoisotopic (exact) mass is 498 g/mol. The molecule has 36 heavy (non-hydrogen) atoms. The average Bonchev–Trinajstić information content (AvgIpc) is 3.26. The molecule has 0 bridgehead atoms. The number of amides is 1. The summed E-state index contributed by atoms with van der Waals surface area (Å²) in [6.07, 6.45) is 7.87. The number of aromatic nitrogens is 3. The van der Waals surface area contributed by atoms with E-state index in [9.17, 15) is 14.3 Å². The Balaban J connectivity index is 0.00000176. The zero-order valence-corrected chi connectivity index (χ0v) is 22.3. The molecule has 0 unspecified atom stereocenters. The van der Waals surface area contributed by atoms with Gasteiger partial charge in [0.05, 0.1) is 28.5 Å². The molecule has 0 saturated heterocycles. The maximum Gasteiger partial charge on any atom is 0.274 e. The van der Waals surface area contributed by atoms with Crippen LogP contribution in [-0.2, 0) is 5.67 Å². The van der Waals surface area contributed by atoms with Gasteiger partial charge in [0.15, 0.2) is 0 Å². The van der Waals surface area contributed by atoms with Crippen LogP contribution in [0.1, 0.15) is 95.9 Å². The van der Waals surface area contributed by atoms with Crippen molar-refractivity contribution >= 4 is 22.5 Å². The molecule has 1 aliphatic carbocycles. The van der Waals surface area contributed by atoms with Crippen molar-refractivity contribution in [3.05, 3.63) is 47.9 Å². The van der Waals surface area contributed by atoms with Crippen molar-refractivity contribution in [2.24, 2.45) is 0 Å². The number of nitrogens with zero attached hydrogens (tertiary/aromatic N) is 3. The molecule has 3 aromatic rings. The number of halogens is 1. The number of anilines is 1. The van der Waals surface area contributed by atoms with Crippen molar-refractivity contribution in [1.29, 1.82) is 0 Å². The van der Waals surface area contributed by atoms with Gasteiger partial charge in [0.2, 0.25) is 0 Å². The Morgan fingerprint density at radius 3 is 2.50 bits per heavy atom. The van der Waals surface area contributed by atoms with Crippen LogP contribution in [0.5, 0.6) is 5.75 Å². The standard InChI is InChI=1S/C26H33FN4O3.C2H6/c1-25(2,33)16-34-22-14-20-17(15-31(30-20)18-9-6-5-7-10-18)13-21(22)29-24(32)19-11-8-12-23(28-19)26(3,4)27;1-2/h8,11-15,18,33H,5-7,9-10,16H2,1-4H3,(H,29,32);1-2H3. The molecule has 0 atom stereocenters. The number of carbonyl (C=O) groups is 1. The van der Waals surface area contributed by atoms with Crippen LogP contribution in [0.3, 0.4) is 0 Å². The smallest absolute Gasteiger partial charge is 0.274 e. The van der Waals surface area contributed by atoms with E-state index in [1.165, 1.54) is 33.1 Å². The van der Waals surface area contributed by atoms with Gasteiger partial charge in [0, 0.05) is 17.6 Å². The van der Waals surface area contributed by atoms with Crippen molar-refractivity contribution in [1.82, 2.24) is 14.8 Å². The molecular formula is C28H39FN4O3. The van der Waals surface area contributed by atoms with Crippen molar-refractivity contribution in [2.75, 3.05) is 11.9 Å². The van der Waals surface area contributed by atoms with Crippen LogP contribution < -0.4 is 10.1 Å². The molecule has 0 spiro atoms. The maximum absolute atomic E-state index is 14.4. The van der Waals surface area contributed by atoms with Crippen molar-refractivity contribution in [3.8, 4) is 5.75 Å². The molecule has 4 rings (SSSR count). The highest BCUT2D eigenvalue weighted by Crippen LogP contribution is 2.34. The Morgan fingerprint density at radius 2 is 1.86 bits per heavy atom. The molecular weight excluding hydrogens is 459 g/mol. The highest BCUT2D eigenvalue weighted by atomic mass is 19.1. The Labute approximate surface area is 213 Å². The molecule has 196 valence electrons. The molecule has 0 radical (unpaired) electrons. The number of benzene rings is 1. The topological polar surface area (TPSA) is 89.3 Å². The number of carbonyl (C=O) groups excluding carboxylic acids is 1. The van der Waals surface area contributed by atoms with Gasteiger partial charge < -0.3 is 15.2 Å². The first-order chi connectivity index (χ1) is 17.0. The minimum absolute atomic E-state index is 0.0362. The van der Waals surface area contributed by atoms with Crippen molar-refractivity contribution in [2.45, 2.75) is 91.0 Å². The summed E-state index contributed by atoms with van der Waals surface area (Å²) in [5, 5.41) is 18.6. The first kappa shape index (κ1) is 27.6. The first-order valence-corrected chi connectivity index (χ1v) is 12.9. The van der Waals surface area contributed by atoms with E-state index < -0.39 is 17.2 Å². The number of aliphatic hydroxyl groups is 1. The minimum atomic E-state index is -1.66. The number of ether oxygens (including phenoxy) is 1. The fourth-order valence-electron chi connectivity index (χ4n) is 4.15. The van der Waals surface area contributed by atoms with Gasteiger partial charge in [-0.05, 0) is 58.7 Å². The van der Waals surface area contributed by atoms with E-state index in [0.29, 0.717) is 17.5 Å². The van der Waals surface area contributed by atoms with Gasteiger partial charge in [-0.15, -0.1) is 0 Å². The second-order valence-corrected chi connectivity index (χ2v) is 10.2. The SMILES string of the molecule is CC.CC(C)(O)COc1cc2nn(C3CCCCC3)cc2cc1NC(=O)c1cccc(C(C)(C)F)n1. The third-order valence-corrected chi connectivity index (χ3v) is 5.99. The van der Waals surface area contributed by atoms with Gasteiger partial charge in [0.1, 0.15) is 23.7 Å². The molecule has 2 heterocycles. The third kappa shape index (κ3) is 7.03. The molecule has 2 aromatic heterocycles. The number of fused-ring (bicyclic) bond motifs is 1. The molecule has 8 heteroatoms. The van der Waals surface area contributed by atoms with E-state index in [2.05, 4.69) is 10.3 Å². The second kappa shape index (κ2) is 11.4. The molecule has 1 saturated carbocycles. The highest BCUT2D eigenvalue weighted by Gasteiger charge is 2.23. The van der Waals surface area contributed by atoms with Crippen LogP contribution in [0.2, 0.25) is 0 Å². The fourth-order valence-corrected chi connectivity index (χ4v) is 4.15. The average molecular weight is 499 g/mol. The minimum Gasteiger partial charge on any atom is -0.488 e. The quantitative estimate of drug-likeness (QED) is 0.385. The van der Waals surface area contributed by atoms with Gasteiger partial charge >= 0.3 is 0 Å². The van der Waals surface area contributed by atoms with Crippen molar-refractivity contribution < 1.29 is 19.0 Å². The normalized spacial score (nSPS) is 14.8. The molecule has 1 aromatic carbocycles. The summed E-state index contributed by atoms with van der Waals surface area (Å²) < 4.78 is 22.3. The molecule has 7 nitrogen and oxygen atoms in total. The summed E-state index contributed by atoms with van der Waals surface area (Å²) in [6, 6.07) is 8.69. The number of hydrogen-bond donors (Lipinski definition) is 2. The summed E-state index contributed by atoms with van der Waals surface area (Å²) in [5.74, 6) is -0.0722. The Kier molecular flexibility index (Phi) is 8.71. The van der Waals surface area contributed by atoms with E-state index in [0.717, 1.165) is 23.7 Å². The van der Waals surface area contributed by atoms with Crippen molar-refractivity contribution in [3.63, 3.8) is 0 Å². The lowest BCUT2D eigenvalue weighted by Gasteiger charge is -2.21. The number of hydrogen-bond acceptors (Lipinski definition) is 5. The molecule has 1 amide bonds. The summed E-state index contributed by atoms with van der Waals surface area (Å²) in [7, 11) is 0. The van der Waals surface area contributed by atoms with Crippen LogP contribution in [-0.4, -0.2) is 38.0 Å². The van der Waals surface area contributed by atoms with Gasteiger partial charge in [0.25, 0.3) is 5.91 Å². The number of nitrogens with one attached hydrogen (secondary N) is 1. The second-order valence-electron chi connectivity index (χ2n) is 10.2. The predicted octanol–water partition coefficient (Wildman–Crippen LogP) is 6.57. The van der Waals surface area contributed by atoms with E-state index in [1.54, 1.807) is 38.1 Å². The molecule has 1 fully saturated rings. The summed E-state index contributed by atoms with van der Waals surface area (Å²) in [6.45, 7) is 10.1. The van der Waals surface area contributed by atoms with E-state index in [-0.39, 0.29) is 18.0 Å². The predicted molar refractivity (Wildman–Crippen MR) is 141 cm³/mol. The first-order valence-electron chi connectivity index (χ1n) is 12.9. The lowest BCUT2D eigenvalue weighted by atomic mass is 9.96. The lowest BCUT2D eigenvalue weighted by molar-refractivity contribution is 0.0288. The van der Waals surface area contributed by atoms with Crippen LogP contribution in [0.15, 0.2) is 36.5 Å². The molecule has 1 aliphatic rings. The summed E-state index contributed by atoms with van der Waals surface area (Å²) in [5.41, 5.74) is -1.23. The van der Waals surface area contributed by atoms with Gasteiger partial charge in [-0.3, -0.25) is 9.48 Å². The maximum atomic E-state index is 14.4. The Morgan fingerprint density at radius 1 is 1.17 bits per heavy atom. The number of alkyl halides is 1. The Hall–Kier alpha value is -3.00.